The van der Waals surface area contributed by atoms with Crippen molar-refractivity contribution in [2.45, 2.75) is 58.3 Å². The highest BCUT2D eigenvalue weighted by Crippen LogP contribution is 2.32. The zero-order valence-corrected chi connectivity index (χ0v) is 16.6. The summed E-state index contributed by atoms with van der Waals surface area (Å²) < 4.78 is 17.1. The van der Waals surface area contributed by atoms with Gasteiger partial charge in [0.25, 0.3) is 0 Å². The molecule has 0 aliphatic carbocycles. The summed E-state index contributed by atoms with van der Waals surface area (Å²) in [5, 5.41) is 0. The molecular weight excluding hydrogens is 342 g/mol. The molecule has 0 radical (unpaired) electrons. The number of carbonyl (C=O) groups excluding carboxylic acids is 1. The van der Waals surface area contributed by atoms with Crippen LogP contribution in [0.15, 0.2) is 47.3 Å². The van der Waals surface area contributed by atoms with Crippen LogP contribution in [0.1, 0.15) is 49.8 Å². The molecule has 0 bridgehead atoms. The summed E-state index contributed by atoms with van der Waals surface area (Å²) in [6.07, 6.45) is 3.89. The minimum Gasteiger partial charge on any atom is -0.472 e. The number of furan rings is 1. The van der Waals surface area contributed by atoms with Gasteiger partial charge in [-0.15, -0.1) is 0 Å². The third kappa shape index (κ3) is 5.36. The molecular formula is C22H29NO4. The SMILES string of the molecule is Cc1cccc(COC2CN(C(=O)OC(C)(C)C)CCC2c2ccoc2)c1. The fourth-order valence-electron chi connectivity index (χ4n) is 3.45. The Morgan fingerprint density at radius 1 is 1.30 bits per heavy atom. The van der Waals surface area contributed by atoms with Crippen molar-refractivity contribution >= 4 is 6.09 Å². The lowest BCUT2D eigenvalue weighted by molar-refractivity contribution is -0.0360. The van der Waals surface area contributed by atoms with Crippen LogP contribution in [0.4, 0.5) is 4.79 Å². The number of amides is 1. The van der Waals surface area contributed by atoms with Gasteiger partial charge in [-0.05, 0) is 51.3 Å². The van der Waals surface area contributed by atoms with E-state index in [0.29, 0.717) is 19.7 Å². The van der Waals surface area contributed by atoms with Crippen molar-refractivity contribution in [1.82, 2.24) is 4.90 Å². The number of likely N-dealkylation sites (tertiary alicyclic amines) is 1. The number of hydrogen-bond donors (Lipinski definition) is 0. The van der Waals surface area contributed by atoms with Crippen molar-refractivity contribution in [3.8, 4) is 0 Å². The zero-order valence-electron chi connectivity index (χ0n) is 16.6. The second-order valence-electron chi connectivity index (χ2n) is 8.22. The number of nitrogens with zero attached hydrogens (tertiary/aromatic N) is 1. The number of ether oxygens (including phenoxy) is 2. The number of hydrogen-bond acceptors (Lipinski definition) is 4. The second-order valence-corrected chi connectivity index (χ2v) is 8.22. The van der Waals surface area contributed by atoms with Crippen molar-refractivity contribution in [3.05, 3.63) is 59.5 Å². The molecule has 1 aromatic heterocycles. The van der Waals surface area contributed by atoms with Crippen LogP contribution in [0.3, 0.4) is 0 Å². The number of piperidine rings is 1. The van der Waals surface area contributed by atoms with Crippen molar-refractivity contribution in [2.24, 2.45) is 0 Å². The maximum atomic E-state index is 12.5. The predicted octanol–water partition coefficient (Wildman–Crippen LogP) is 4.90. The third-order valence-corrected chi connectivity index (χ3v) is 4.73. The maximum absolute atomic E-state index is 12.5. The van der Waals surface area contributed by atoms with Crippen LogP contribution in [-0.2, 0) is 16.1 Å². The van der Waals surface area contributed by atoms with Gasteiger partial charge in [0.2, 0.25) is 0 Å². The molecule has 0 saturated carbocycles. The molecule has 146 valence electrons. The summed E-state index contributed by atoms with van der Waals surface area (Å²) in [7, 11) is 0. The van der Waals surface area contributed by atoms with Gasteiger partial charge in [-0.25, -0.2) is 4.79 Å². The first-order valence-electron chi connectivity index (χ1n) is 9.49. The van der Waals surface area contributed by atoms with Crippen LogP contribution in [-0.4, -0.2) is 35.8 Å². The van der Waals surface area contributed by atoms with Gasteiger partial charge in [0.05, 0.1) is 31.8 Å². The zero-order chi connectivity index (χ0) is 19.4. The van der Waals surface area contributed by atoms with E-state index in [0.717, 1.165) is 17.5 Å². The van der Waals surface area contributed by atoms with E-state index in [1.807, 2.05) is 32.9 Å². The van der Waals surface area contributed by atoms with Crippen molar-refractivity contribution in [3.63, 3.8) is 0 Å². The summed E-state index contributed by atoms with van der Waals surface area (Å²) >= 11 is 0. The van der Waals surface area contributed by atoms with Gasteiger partial charge in [0, 0.05) is 12.5 Å². The largest absolute Gasteiger partial charge is 0.472 e. The van der Waals surface area contributed by atoms with Gasteiger partial charge < -0.3 is 18.8 Å². The first-order valence-corrected chi connectivity index (χ1v) is 9.49. The molecule has 1 fully saturated rings. The Bertz CT molecular complexity index is 748. The smallest absolute Gasteiger partial charge is 0.410 e. The third-order valence-electron chi connectivity index (χ3n) is 4.73. The van der Waals surface area contributed by atoms with E-state index < -0.39 is 5.60 Å². The Morgan fingerprint density at radius 3 is 2.78 bits per heavy atom. The van der Waals surface area contributed by atoms with Crippen LogP contribution >= 0.6 is 0 Å². The Labute approximate surface area is 161 Å². The van der Waals surface area contributed by atoms with Gasteiger partial charge in [0.1, 0.15) is 5.60 Å². The average Bonchev–Trinajstić information content (AvgIpc) is 3.12. The molecule has 2 heterocycles. The molecule has 3 rings (SSSR count). The Balaban J connectivity index is 1.70. The summed E-state index contributed by atoms with van der Waals surface area (Å²) in [5.74, 6) is 0.201. The topological polar surface area (TPSA) is 51.9 Å². The van der Waals surface area contributed by atoms with E-state index in [4.69, 9.17) is 13.9 Å². The van der Waals surface area contributed by atoms with Crippen molar-refractivity contribution < 1.29 is 18.7 Å². The molecule has 5 nitrogen and oxygen atoms in total. The summed E-state index contributed by atoms with van der Waals surface area (Å²) in [4.78, 5) is 14.3. The fraction of sp³-hybridized carbons (Fsp3) is 0.500. The quantitative estimate of drug-likeness (QED) is 0.767. The lowest BCUT2D eigenvalue weighted by Gasteiger charge is -2.38. The molecule has 1 aliphatic heterocycles. The summed E-state index contributed by atoms with van der Waals surface area (Å²) in [5.41, 5.74) is 2.96. The Morgan fingerprint density at radius 2 is 2.11 bits per heavy atom. The maximum Gasteiger partial charge on any atom is 0.410 e. The van der Waals surface area contributed by atoms with Crippen LogP contribution < -0.4 is 0 Å². The molecule has 2 unspecified atom stereocenters. The first-order chi connectivity index (χ1) is 12.8. The van der Waals surface area contributed by atoms with E-state index in [1.165, 1.54) is 5.56 Å². The lowest BCUT2D eigenvalue weighted by Crippen LogP contribution is -2.48. The van der Waals surface area contributed by atoms with Gasteiger partial charge in [-0.3, -0.25) is 0 Å². The average molecular weight is 371 g/mol. The predicted molar refractivity (Wildman–Crippen MR) is 104 cm³/mol. The number of benzene rings is 1. The minimum absolute atomic E-state index is 0.107. The van der Waals surface area contributed by atoms with E-state index in [2.05, 4.69) is 25.1 Å². The summed E-state index contributed by atoms with van der Waals surface area (Å²) in [6, 6.07) is 10.3. The van der Waals surface area contributed by atoms with Crippen LogP contribution in [0.5, 0.6) is 0 Å². The number of aryl methyl sites for hydroxylation is 1. The molecule has 5 heteroatoms. The van der Waals surface area contributed by atoms with Crippen LogP contribution in [0, 0.1) is 6.92 Å². The normalized spacial score (nSPS) is 20.5. The minimum atomic E-state index is -0.504. The van der Waals surface area contributed by atoms with E-state index in [1.54, 1.807) is 17.4 Å². The molecule has 2 aromatic rings. The number of rotatable bonds is 4. The molecule has 27 heavy (non-hydrogen) atoms. The first kappa shape index (κ1) is 19.5. The highest BCUT2D eigenvalue weighted by molar-refractivity contribution is 5.68. The van der Waals surface area contributed by atoms with Crippen LogP contribution in [0.25, 0.3) is 0 Å². The molecule has 1 aromatic carbocycles. The molecule has 0 N–H and O–H groups in total. The van der Waals surface area contributed by atoms with Crippen LogP contribution in [0.2, 0.25) is 0 Å². The molecule has 0 spiro atoms. The lowest BCUT2D eigenvalue weighted by atomic mass is 9.88. The Hall–Kier alpha value is -2.27. The highest BCUT2D eigenvalue weighted by Gasteiger charge is 2.35. The van der Waals surface area contributed by atoms with Crippen molar-refractivity contribution in [1.29, 1.82) is 0 Å². The monoisotopic (exact) mass is 371 g/mol. The van der Waals surface area contributed by atoms with Gasteiger partial charge >= 0.3 is 6.09 Å². The second kappa shape index (κ2) is 8.17. The molecule has 1 saturated heterocycles. The highest BCUT2D eigenvalue weighted by atomic mass is 16.6. The van der Waals surface area contributed by atoms with Gasteiger partial charge in [-0.1, -0.05) is 29.8 Å². The molecule has 2 atom stereocenters. The van der Waals surface area contributed by atoms with Crippen molar-refractivity contribution in [2.75, 3.05) is 13.1 Å². The fourth-order valence-corrected chi connectivity index (χ4v) is 3.45. The molecule has 1 aliphatic rings. The molecule has 1 amide bonds. The standard InChI is InChI=1S/C22H29NO4/c1-16-6-5-7-17(12-16)14-26-20-13-23(21(24)27-22(2,3)4)10-8-19(20)18-9-11-25-15-18/h5-7,9,11-12,15,19-20H,8,10,13-14H2,1-4H3. The number of carbonyl (C=O) groups is 1. The van der Waals surface area contributed by atoms with Gasteiger partial charge in [-0.2, -0.15) is 0 Å². The van der Waals surface area contributed by atoms with E-state index in [-0.39, 0.29) is 18.1 Å². The van der Waals surface area contributed by atoms with E-state index in [9.17, 15) is 4.79 Å². The Kier molecular flexibility index (Phi) is 5.90. The van der Waals surface area contributed by atoms with E-state index >= 15 is 0 Å². The van der Waals surface area contributed by atoms with Gasteiger partial charge in [0.15, 0.2) is 0 Å². The summed E-state index contributed by atoms with van der Waals surface area (Å²) in [6.45, 7) is 9.40.